The molecule has 0 spiro atoms. The fourth-order valence-electron chi connectivity index (χ4n) is 1.61. The Bertz CT molecular complexity index is 697. The Hall–Kier alpha value is -1.92. The van der Waals surface area contributed by atoms with Crippen LogP contribution in [0.2, 0.25) is 0 Å². The Morgan fingerprint density at radius 3 is 2.65 bits per heavy atom. The zero-order chi connectivity index (χ0) is 13.8. The largest absolute Gasteiger partial charge is 0.316 e. The van der Waals surface area contributed by atoms with Gasteiger partial charge in [0.15, 0.2) is 5.13 Å². The second-order valence-electron chi connectivity index (χ2n) is 4.08. The molecule has 0 saturated carbocycles. The van der Waals surface area contributed by atoms with Crippen LogP contribution in [0.15, 0.2) is 58.0 Å². The van der Waals surface area contributed by atoms with Crippen LogP contribution in [0.1, 0.15) is 5.69 Å². The molecule has 20 heavy (non-hydrogen) atoms. The first-order valence-corrected chi connectivity index (χ1v) is 7.72. The minimum absolute atomic E-state index is 0.804. The second kappa shape index (κ2) is 6.02. The number of pyridine rings is 2. The van der Waals surface area contributed by atoms with Gasteiger partial charge in [0, 0.05) is 33.8 Å². The van der Waals surface area contributed by atoms with Gasteiger partial charge in [0.25, 0.3) is 0 Å². The van der Waals surface area contributed by atoms with Gasteiger partial charge in [-0.1, -0.05) is 11.8 Å². The molecule has 100 valence electrons. The number of anilines is 2. The number of rotatable bonds is 4. The van der Waals surface area contributed by atoms with Crippen molar-refractivity contribution in [3.8, 4) is 0 Å². The molecule has 4 nitrogen and oxygen atoms in total. The fraction of sp³-hybridized carbons (Fsp3) is 0.0714. The molecule has 0 radical (unpaired) electrons. The van der Waals surface area contributed by atoms with Crippen LogP contribution in [0.3, 0.4) is 0 Å². The van der Waals surface area contributed by atoms with E-state index in [0.717, 1.165) is 26.4 Å². The maximum Gasteiger partial charge on any atom is 0.188 e. The van der Waals surface area contributed by atoms with Gasteiger partial charge in [0.1, 0.15) is 5.82 Å². The van der Waals surface area contributed by atoms with E-state index >= 15 is 0 Å². The molecule has 0 atom stereocenters. The summed E-state index contributed by atoms with van der Waals surface area (Å²) in [5, 5.41) is 6.10. The Kier molecular flexibility index (Phi) is 3.94. The highest BCUT2D eigenvalue weighted by molar-refractivity contribution is 7.99. The van der Waals surface area contributed by atoms with E-state index < -0.39 is 0 Å². The van der Waals surface area contributed by atoms with E-state index in [1.165, 1.54) is 0 Å². The summed E-state index contributed by atoms with van der Waals surface area (Å²) in [6, 6.07) is 7.98. The van der Waals surface area contributed by atoms with E-state index in [1.54, 1.807) is 41.7 Å². The molecule has 3 aromatic heterocycles. The molecule has 6 heteroatoms. The standard InChI is InChI=1S/C14H12N4S2/c1-10-9-19-14(17-10)18-13-8-12(4-7-16-13)20-11-2-5-15-6-3-11/h2-9H,1H3,(H,16,17,18). The first-order valence-electron chi connectivity index (χ1n) is 6.03. The molecule has 0 unspecified atom stereocenters. The van der Waals surface area contributed by atoms with Gasteiger partial charge in [0.05, 0.1) is 5.69 Å². The van der Waals surface area contributed by atoms with Gasteiger partial charge in [-0.3, -0.25) is 4.98 Å². The van der Waals surface area contributed by atoms with Gasteiger partial charge in [-0.05, 0) is 31.2 Å². The van der Waals surface area contributed by atoms with Crippen LogP contribution >= 0.6 is 23.1 Å². The van der Waals surface area contributed by atoms with Gasteiger partial charge in [-0.15, -0.1) is 11.3 Å². The summed E-state index contributed by atoms with van der Waals surface area (Å²) in [5.41, 5.74) is 1.01. The van der Waals surface area contributed by atoms with Crippen LogP contribution in [0.4, 0.5) is 10.9 Å². The van der Waals surface area contributed by atoms with Gasteiger partial charge < -0.3 is 5.32 Å². The van der Waals surface area contributed by atoms with Crippen molar-refractivity contribution in [3.05, 3.63) is 53.9 Å². The van der Waals surface area contributed by atoms with Crippen molar-refractivity contribution in [2.75, 3.05) is 5.32 Å². The Labute approximate surface area is 125 Å². The van der Waals surface area contributed by atoms with E-state index in [4.69, 9.17) is 0 Å². The zero-order valence-electron chi connectivity index (χ0n) is 10.8. The molecular weight excluding hydrogens is 288 g/mol. The highest BCUT2D eigenvalue weighted by atomic mass is 32.2. The number of nitrogens with zero attached hydrogens (tertiary/aromatic N) is 3. The molecule has 0 aliphatic heterocycles. The summed E-state index contributed by atoms with van der Waals surface area (Å²) in [5.74, 6) is 0.804. The van der Waals surface area contributed by atoms with E-state index in [9.17, 15) is 0 Å². The van der Waals surface area contributed by atoms with E-state index in [2.05, 4.69) is 20.3 Å². The Morgan fingerprint density at radius 2 is 1.90 bits per heavy atom. The number of thiazole rings is 1. The predicted molar refractivity (Wildman–Crippen MR) is 82.7 cm³/mol. The average Bonchev–Trinajstić information content (AvgIpc) is 2.86. The van der Waals surface area contributed by atoms with Gasteiger partial charge >= 0.3 is 0 Å². The molecular formula is C14H12N4S2. The van der Waals surface area contributed by atoms with Crippen molar-refractivity contribution in [1.82, 2.24) is 15.0 Å². The molecule has 0 fully saturated rings. The minimum Gasteiger partial charge on any atom is -0.316 e. The van der Waals surface area contributed by atoms with E-state index in [-0.39, 0.29) is 0 Å². The van der Waals surface area contributed by atoms with Gasteiger partial charge in [-0.2, -0.15) is 0 Å². The van der Waals surface area contributed by atoms with Crippen LogP contribution < -0.4 is 5.32 Å². The lowest BCUT2D eigenvalue weighted by Crippen LogP contribution is -1.92. The van der Waals surface area contributed by atoms with Crippen molar-refractivity contribution < 1.29 is 0 Å². The third-order valence-electron chi connectivity index (χ3n) is 2.47. The molecule has 0 aromatic carbocycles. The smallest absolute Gasteiger partial charge is 0.188 e. The van der Waals surface area contributed by atoms with Crippen LogP contribution in [-0.2, 0) is 0 Å². The summed E-state index contributed by atoms with van der Waals surface area (Å²) >= 11 is 3.26. The fourth-order valence-corrected chi connectivity index (χ4v) is 3.13. The molecule has 0 saturated heterocycles. The lowest BCUT2D eigenvalue weighted by atomic mass is 10.4. The van der Waals surface area contributed by atoms with Crippen molar-refractivity contribution in [1.29, 1.82) is 0 Å². The minimum atomic E-state index is 0.804. The number of aryl methyl sites for hydroxylation is 1. The molecule has 3 rings (SSSR count). The van der Waals surface area contributed by atoms with Crippen molar-refractivity contribution in [3.63, 3.8) is 0 Å². The number of aromatic nitrogens is 3. The number of nitrogens with one attached hydrogen (secondary N) is 1. The van der Waals surface area contributed by atoms with Crippen LogP contribution in [-0.4, -0.2) is 15.0 Å². The molecule has 0 bridgehead atoms. The van der Waals surface area contributed by atoms with Crippen molar-refractivity contribution in [2.24, 2.45) is 0 Å². The number of hydrogen-bond donors (Lipinski definition) is 1. The molecule has 1 N–H and O–H groups in total. The lowest BCUT2D eigenvalue weighted by molar-refractivity contribution is 1.21. The SMILES string of the molecule is Cc1csc(Nc2cc(Sc3ccncc3)ccn2)n1. The Morgan fingerprint density at radius 1 is 1.10 bits per heavy atom. The first kappa shape index (κ1) is 13.1. The third-order valence-corrected chi connectivity index (χ3v) is 4.34. The maximum absolute atomic E-state index is 4.37. The summed E-state index contributed by atoms with van der Waals surface area (Å²) < 4.78 is 0. The van der Waals surface area contributed by atoms with E-state index in [0.29, 0.717) is 0 Å². The quantitative estimate of drug-likeness (QED) is 0.785. The topological polar surface area (TPSA) is 50.7 Å². The maximum atomic E-state index is 4.37. The van der Waals surface area contributed by atoms with E-state index in [1.807, 2.05) is 36.6 Å². The molecule has 3 aromatic rings. The summed E-state index contributed by atoms with van der Waals surface area (Å²) in [6.45, 7) is 1.98. The second-order valence-corrected chi connectivity index (χ2v) is 6.09. The van der Waals surface area contributed by atoms with Crippen LogP contribution in [0, 0.1) is 6.92 Å². The highest BCUT2D eigenvalue weighted by Crippen LogP contribution is 2.29. The number of hydrogen-bond acceptors (Lipinski definition) is 6. The normalized spacial score (nSPS) is 10.4. The lowest BCUT2D eigenvalue weighted by Gasteiger charge is -2.04. The summed E-state index contributed by atoms with van der Waals surface area (Å²) in [6.07, 6.45) is 5.38. The van der Waals surface area contributed by atoms with Crippen LogP contribution in [0.5, 0.6) is 0 Å². The molecule has 0 aliphatic carbocycles. The summed E-state index contributed by atoms with van der Waals surface area (Å²) in [4.78, 5) is 15.0. The Balaban J connectivity index is 1.76. The highest BCUT2D eigenvalue weighted by Gasteiger charge is 2.03. The monoisotopic (exact) mass is 300 g/mol. The van der Waals surface area contributed by atoms with Gasteiger partial charge in [0.2, 0.25) is 0 Å². The van der Waals surface area contributed by atoms with Crippen molar-refractivity contribution in [2.45, 2.75) is 16.7 Å². The summed E-state index contributed by atoms with van der Waals surface area (Å²) in [7, 11) is 0. The predicted octanol–water partition coefficient (Wildman–Crippen LogP) is 4.14. The van der Waals surface area contributed by atoms with Crippen molar-refractivity contribution >= 4 is 34.0 Å². The molecule has 0 aliphatic rings. The third kappa shape index (κ3) is 3.34. The zero-order valence-corrected chi connectivity index (χ0v) is 12.4. The van der Waals surface area contributed by atoms with Gasteiger partial charge in [-0.25, -0.2) is 9.97 Å². The first-order chi connectivity index (χ1) is 9.79. The molecule has 3 heterocycles. The average molecular weight is 300 g/mol. The molecule has 0 amide bonds. The van der Waals surface area contributed by atoms with Crippen LogP contribution in [0.25, 0.3) is 0 Å².